The molecular weight excluding hydrogens is 297 g/mol. The number of benzene rings is 2. The Kier molecular flexibility index (Phi) is 6.41. The van der Waals surface area contributed by atoms with E-state index in [-0.39, 0.29) is 18.3 Å². The number of aryl methyl sites for hydroxylation is 1. The minimum absolute atomic E-state index is 0.0397. The summed E-state index contributed by atoms with van der Waals surface area (Å²) in [6.07, 6.45) is 0.967. The summed E-state index contributed by atoms with van der Waals surface area (Å²) in [4.78, 5) is 11.7. The third kappa shape index (κ3) is 5.98. The number of carbonyl (C=O) groups is 1. The van der Waals surface area contributed by atoms with Crippen LogP contribution in [0, 0.1) is 5.82 Å². The Hall–Kier alpha value is -2.56. The zero-order chi connectivity index (χ0) is 16.5. The molecule has 122 valence electrons. The molecule has 0 saturated heterocycles. The third-order valence-corrected chi connectivity index (χ3v) is 3.21. The highest BCUT2D eigenvalue weighted by molar-refractivity contribution is 5.77. The summed E-state index contributed by atoms with van der Waals surface area (Å²) >= 11 is 0. The summed E-state index contributed by atoms with van der Waals surface area (Å²) in [5.74, 6) is 0.704. The highest BCUT2D eigenvalue weighted by atomic mass is 19.1. The van der Waals surface area contributed by atoms with E-state index in [1.165, 1.54) is 17.7 Å². The number of halogens is 1. The average Bonchev–Trinajstić information content (AvgIpc) is 2.59. The molecular formula is C18H20FNO3. The van der Waals surface area contributed by atoms with Gasteiger partial charge in [-0.1, -0.05) is 19.1 Å². The summed E-state index contributed by atoms with van der Waals surface area (Å²) in [6.45, 7) is 2.70. The van der Waals surface area contributed by atoms with E-state index in [0.29, 0.717) is 24.7 Å². The molecule has 0 unspecified atom stereocenters. The van der Waals surface area contributed by atoms with Gasteiger partial charge < -0.3 is 14.8 Å². The van der Waals surface area contributed by atoms with Crippen LogP contribution < -0.4 is 14.8 Å². The van der Waals surface area contributed by atoms with E-state index in [2.05, 4.69) is 12.2 Å². The van der Waals surface area contributed by atoms with Crippen molar-refractivity contribution in [2.45, 2.75) is 13.3 Å². The van der Waals surface area contributed by atoms with Crippen LogP contribution in [-0.2, 0) is 11.2 Å². The first-order valence-electron chi connectivity index (χ1n) is 7.54. The van der Waals surface area contributed by atoms with Crippen LogP contribution in [0.4, 0.5) is 4.39 Å². The van der Waals surface area contributed by atoms with Crippen molar-refractivity contribution >= 4 is 5.91 Å². The van der Waals surface area contributed by atoms with Gasteiger partial charge in [-0.2, -0.15) is 0 Å². The largest absolute Gasteiger partial charge is 0.492 e. The topological polar surface area (TPSA) is 47.6 Å². The van der Waals surface area contributed by atoms with Crippen molar-refractivity contribution < 1.29 is 18.7 Å². The zero-order valence-electron chi connectivity index (χ0n) is 13.0. The van der Waals surface area contributed by atoms with Gasteiger partial charge in [-0.15, -0.1) is 0 Å². The molecule has 0 aliphatic rings. The first kappa shape index (κ1) is 16.8. The molecule has 0 aliphatic carbocycles. The summed E-state index contributed by atoms with van der Waals surface area (Å²) < 4.78 is 23.5. The van der Waals surface area contributed by atoms with Crippen molar-refractivity contribution in [2.75, 3.05) is 19.8 Å². The first-order chi connectivity index (χ1) is 11.2. The van der Waals surface area contributed by atoms with Gasteiger partial charge >= 0.3 is 0 Å². The van der Waals surface area contributed by atoms with Crippen LogP contribution in [0.2, 0.25) is 0 Å². The molecule has 5 heteroatoms. The Morgan fingerprint density at radius 1 is 1.00 bits per heavy atom. The Morgan fingerprint density at radius 3 is 2.26 bits per heavy atom. The number of carbonyl (C=O) groups excluding carboxylic acids is 1. The highest BCUT2D eigenvalue weighted by Gasteiger charge is 2.03. The van der Waals surface area contributed by atoms with Crippen molar-refractivity contribution in [3.05, 3.63) is 59.9 Å². The van der Waals surface area contributed by atoms with Crippen LogP contribution in [0.3, 0.4) is 0 Å². The number of nitrogens with one attached hydrogen (secondary N) is 1. The van der Waals surface area contributed by atoms with Gasteiger partial charge in [0.2, 0.25) is 0 Å². The van der Waals surface area contributed by atoms with E-state index in [9.17, 15) is 9.18 Å². The molecule has 2 aromatic carbocycles. The predicted molar refractivity (Wildman–Crippen MR) is 86.2 cm³/mol. The summed E-state index contributed by atoms with van der Waals surface area (Å²) in [7, 11) is 0. The van der Waals surface area contributed by atoms with Crippen LogP contribution in [0.5, 0.6) is 11.5 Å². The average molecular weight is 317 g/mol. The maximum Gasteiger partial charge on any atom is 0.258 e. The maximum atomic E-state index is 12.7. The van der Waals surface area contributed by atoms with E-state index in [4.69, 9.17) is 9.47 Å². The van der Waals surface area contributed by atoms with Gasteiger partial charge in [0.25, 0.3) is 5.91 Å². The van der Waals surface area contributed by atoms with Crippen molar-refractivity contribution in [3.8, 4) is 11.5 Å². The van der Waals surface area contributed by atoms with Gasteiger partial charge in [0.1, 0.15) is 23.9 Å². The molecule has 0 fully saturated rings. The molecule has 2 aromatic rings. The van der Waals surface area contributed by atoms with Crippen LogP contribution in [-0.4, -0.2) is 25.7 Å². The van der Waals surface area contributed by atoms with Gasteiger partial charge in [-0.3, -0.25) is 4.79 Å². The van der Waals surface area contributed by atoms with Gasteiger partial charge in [-0.05, 0) is 48.4 Å². The molecule has 0 bridgehead atoms. The van der Waals surface area contributed by atoms with Crippen molar-refractivity contribution in [2.24, 2.45) is 0 Å². The molecule has 0 spiro atoms. The van der Waals surface area contributed by atoms with Crippen LogP contribution in [0.15, 0.2) is 48.5 Å². The second kappa shape index (κ2) is 8.78. The van der Waals surface area contributed by atoms with E-state index in [1.807, 2.05) is 24.3 Å². The molecule has 0 aliphatic heterocycles. The minimum atomic E-state index is -0.310. The van der Waals surface area contributed by atoms with E-state index < -0.39 is 0 Å². The molecule has 0 atom stereocenters. The van der Waals surface area contributed by atoms with Gasteiger partial charge in [0.05, 0.1) is 6.54 Å². The second-order valence-corrected chi connectivity index (χ2v) is 4.94. The monoisotopic (exact) mass is 317 g/mol. The molecule has 1 amide bonds. The summed E-state index contributed by atoms with van der Waals surface area (Å²) in [5, 5.41) is 2.69. The molecule has 1 N–H and O–H groups in total. The fraction of sp³-hybridized carbons (Fsp3) is 0.278. The lowest BCUT2D eigenvalue weighted by Gasteiger charge is -2.09. The molecule has 2 rings (SSSR count). The van der Waals surface area contributed by atoms with Crippen LogP contribution in [0.1, 0.15) is 12.5 Å². The predicted octanol–water partition coefficient (Wildman–Crippen LogP) is 2.96. The van der Waals surface area contributed by atoms with Crippen molar-refractivity contribution in [3.63, 3.8) is 0 Å². The molecule has 0 radical (unpaired) electrons. The standard InChI is InChI=1S/C18H20FNO3/c1-2-14-3-7-17(8-4-14)23-13-18(21)20-11-12-22-16-9-5-15(19)6-10-16/h3-10H,2,11-13H2,1H3,(H,20,21). The minimum Gasteiger partial charge on any atom is -0.492 e. The van der Waals surface area contributed by atoms with Gasteiger partial charge in [0, 0.05) is 0 Å². The third-order valence-electron chi connectivity index (χ3n) is 3.21. The van der Waals surface area contributed by atoms with E-state index in [0.717, 1.165) is 6.42 Å². The maximum absolute atomic E-state index is 12.7. The summed E-state index contributed by atoms with van der Waals surface area (Å²) in [5.41, 5.74) is 1.22. The SMILES string of the molecule is CCc1ccc(OCC(=O)NCCOc2ccc(F)cc2)cc1. The number of ether oxygens (including phenoxy) is 2. The van der Waals surface area contributed by atoms with E-state index in [1.54, 1.807) is 12.1 Å². The lowest BCUT2D eigenvalue weighted by molar-refractivity contribution is -0.123. The molecule has 4 nitrogen and oxygen atoms in total. The fourth-order valence-corrected chi connectivity index (χ4v) is 1.91. The Bertz CT molecular complexity index is 611. The Morgan fingerprint density at radius 2 is 1.61 bits per heavy atom. The quantitative estimate of drug-likeness (QED) is 0.762. The fourth-order valence-electron chi connectivity index (χ4n) is 1.91. The number of hydrogen-bond acceptors (Lipinski definition) is 3. The first-order valence-corrected chi connectivity index (χ1v) is 7.54. The lowest BCUT2D eigenvalue weighted by atomic mass is 10.2. The number of hydrogen-bond donors (Lipinski definition) is 1. The Labute approximate surface area is 135 Å². The van der Waals surface area contributed by atoms with Crippen LogP contribution in [0.25, 0.3) is 0 Å². The van der Waals surface area contributed by atoms with Crippen LogP contribution >= 0.6 is 0 Å². The van der Waals surface area contributed by atoms with Gasteiger partial charge in [-0.25, -0.2) is 4.39 Å². The van der Waals surface area contributed by atoms with Gasteiger partial charge in [0.15, 0.2) is 6.61 Å². The Balaban J connectivity index is 1.62. The zero-order valence-corrected chi connectivity index (χ0v) is 13.0. The smallest absolute Gasteiger partial charge is 0.258 e. The highest BCUT2D eigenvalue weighted by Crippen LogP contribution is 2.12. The lowest BCUT2D eigenvalue weighted by Crippen LogP contribution is -2.32. The molecule has 0 aromatic heterocycles. The molecule has 0 heterocycles. The van der Waals surface area contributed by atoms with Crippen molar-refractivity contribution in [1.29, 1.82) is 0 Å². The molecule has 23 heavy (non-hydrogen) atoms. The summed E-state index contributed by atoms with van der Waals surface area (Å²) in [6, 6.07) is 13.4. The van der Waals surface area contributed by atoms with E-state index >= 15 is 0 Å². The van der Waals surface area contributed by atoms with Crippen molar-refractivity contribution in [1.82, 2.24) is 5.32 Å². The number of amides is 1. The number of rotatable bonds is 8. The second-order valence-electron chi connectivity index (χ2n) is 4.94. The normalized spacial score (nSPS) is 10.2. The molecule has 0 saturated carbocycles.